The molecule has 4 rings (SSSR count). The van der Waals surface area contributed by atoms with Crippen LogP contribution in [-0.4, -0.2) is 15.6 Å². The summed E-state index contributed by atoms with van der Waals surface area (Å²) in [5, 5.41) is 4.23. The van der Waals surface area contributed by atoms with Crippen LogP contribution >= 0.6 is 23.4 Å². The van der Waals surface area contributed by atoms with E-state index in [1.807, 2.05) is 30.3 Å². The van der Waals surface area contributed by atoms with Crippen LogP contribution in [0.2, 0.25) is 5.02 Å². The average Bonchev–Trinajstić information content (AvgIpc) is 3.01. The summed E-state index contributed by atoms with van der Waals surface area (Å²) in [6, 6.07) is 20.3. The summed E-state index contributed by atoms with van der Waals surface area (Å²) in [7, 11) is 0. The van der Waals surface area contributed by atoms with Crippen LogP contribution in [0.5, 0.6) is 0 Å². The summed E-state index contributed by atoms with van der Waals surface area (Å²) in [4.78, 5) is 6.10. The number of pyridine rings is 1. The van der Waals surface area contributed by atoms with Gasteiger partial charge < -0.3 is 5.32 Å². The van der Waals surface area contributed by atoms with Gasteiger partial charge in [-0.1, -0.05) is 29.8 Å². The van der Waals surface area contributed by atoms with Crippen molar-refractivity contribution in [3.8, 4) is 11.3 Å². The van der Waals surface area contributed by atoms with Crippen molar-refractivity contribution in [1.29, 1.82) is 0 Å². The zero-order valence-electron chi connectivity index (χ0n) is 14.5. The topological polar surface area (TPSA) is 29.3 Å². The van der Waals surface area contributed by atoms with Gasteiger partial charge in [0.2, 0.25) is 0 Å². The van der Waals surface area contributed by atoms with Crippen LogP contribution in [-0.2, 0) is 0 Å². The fourth-order valence-corrected chi connectivity index (χ4v) is 3.42. The zero-order valence-corrected chi connectivity index (χ0v) is 16.1. The molecule has 3 nitrogen and oxygen atoms in total. The monoisotopic (exact) mass is 379 g/mol. The maximum absolute atomic E-state index is 6.02. The minimum Gasteiger partial charge on any atom is -0.339 e. The minimum atomic E-state index is 0.720. The summed E-state index contributed by atoms with van der Waals surface area (Å²) in [5.74, 6) is 0.947. The molecular formula is C21H18ClN3S. The third-order valence-electron chi connectivity index (χ3n) is 4.24. The summed E-state index contributed by atoms with van der Waals surface area (Å²) in [6.07, 6.45) is 4.18. The van der Waals surface area contributed by atoms with Crippen molar-refractivity contribution < 1.29 is 0 Å². The molecule has 0 aliphatic heterocycles. The van der Waals surface area contributed by atoms with Crippen LogP contribution in [0.3, 0.4) is 0 Å². The molecule has 0 saturated heterocycles. The first-order valence-electron chi connectivity index (χ1n) is 8.30. The minimum absolute atomic E-state index is 0.720. The first-order chi connectivity index (χ1) is 12.6. The number of anilines is 2. The van der Waals surface area contributed by atoms with Gasteiger partial charge in [-0.15, -0.1) is 11.8 Å². The fourth-order valence-electron chi connectivity index (χ4n) is 2.89. The summed E-state index contributed by atoms with van der Waals surface area (Å²) >= 11 is 7.75. The number of imidazole rings is 1. The highest BCUT2D eigenvalue weighted by Gasteiger charge is 2.14. The smallest absolute Gasteiger partial charge is 0.143 e. The van der Waals surface area contributed by atoms with E-state index in [9.17, 15) is 0 Å². The van der Waals surface area contributed by atoms with Gasteiger partial charge in [0.1, 0.15) is 17.2 Å². The summed E-state index contributed by atoms with van der Waals surface area (Å²) < 4.78 is 2.10. The molecule has 0 fully saturated rings. The number of fused-ring (bicyclic) bond motifs is 1. The van der Waals surface area contributed by atoms with Crippen LogP contribution in [0.25, 0.3) is 16.9 Å². The zero-order chi connectivity index (χ0) is 18.1. The van der Waals surface area contributed by atoms with E-state index < -0.39 is 0 Å². The molecule has 0 aliphatic carbocycles. The van der Waals surface area contributed by atoms with Gasteiger partial charge in [-0.3, -0.25) is 4.40 Å². The van der Waals surface area contributed by atoms with Gasteiger partial charge in [0.25, 0.3) is 0 Å². The van der Waals surface area contributed by atoms with Gasteiger partial charge in [0.05, 0.1) is 0 Å². The first-order valence-corrected chi connectivity index (χ1v) is 9.90. The van der Waals surface area contributed by atoms with Crippen molar-refractivity contribution in [2.75, 3.05) is 11.6 Å². The number of nitrogens with one attached hydrogen (secondary N) is 1. The van der Waals surface area contributed by atoms with Crippen LogP contribution in [0.15, 0.2) is 71.8 Å². The molecular weight excluding hydrogens is 362 g/mol. The molecule has 0 amide bonds. The van der Waals surface area contributed by atoms with E-state index in [4.69, 9.17) is 16.6 Å². The Morgan fingerprint density at radius 1 is 0.962 bits per heavy atom. The number of benzene rings is 2. The molecule has 1 N–H and O–H groups in total. The van der Waals surface area contributed by atoms with E-state index >= 15 is 0 Å². The Balaban J connectivity index is 1.86. The Morgan fingerprint density at radius 3 is 2.38 bits per heavy atom. The molecule has 130 valence electrons. The van der Waals surface area contributed by atoms with E-state index in [0.29, 0.717) is 0 Å². The Kier molecular flexibility index (Phi) is 4.62. The SMILES string of the molecule is CSc1ccc(-c2nc3ccc(C)cn3c2Nc2ccc(Cl)cc2)cc1. The lowest BCUT2D eigenvalue weighted by atomic mass is 10.1. The average molecular weight is 380 g/mol. The second-order valence-electron chi connectivity index (χ2n) is 6.10. The highest BCUT2D eigenvalue weighted by molar-refractivity contribution is 7.98. The molecule has 0 unspecified atom stereocenters. The molecule has 2 aromatic heterocycles. The lowest BCUT2D eigenvalue weighted by Crippen LogP contribution is -1.97. The molecule has 0 bridgehead atoms. The van der Waals surface area contributed by atoms with Gasteiger partial charge in [-0.05, 0) is 61.2 Å². The number of halogens is 1. The number of thioether (sulfide) groups is 1. The quantitative estimate of drug-likeness (QED) is 0.414. The fraction of sp³-hybridized carbons (Fsp3) is 0.0952. The highest BCUT2D eigenvalue weighted by Crippen LogP contribution is 2.32. The van der Waals surface area contributed by atoms with E-state index in [0.717, 1.165) is 33.4 Å². The Labute approximate surface area is 162 Å². The molecule has 0 atom stereocenters. The Morgan fingerprint density at radius 2 is 1.69 bits per heavy atom. The molecule has 26 heavy (non-hydrogen) atoms. The van der Waals surface area contributed by atoms with Crippen molar-refractivity contribution in [3.05, 3.63) is 77.4 Å². The first kappa shape index (κ1) is 17.0. The maximum atomic E-state index is 6.02. The largest absolute Gasteiger partial charge is 0.339 e. The Bertz CT molecular complexity index is 1050. The van der Waals surface area contributed by atoms with Crippen LogP contribution in [0, 0.1) is 6.92 Å². The van der Waals surface area contributed by atoms with Crippen molar-refractivity contribution in [1.82, 2.24) is 9.38 Å². The molecule has 0 radical (unpaired) electrons. The molecule has 5 heteroatoms. The van der Waals surface area contributed by atoms with Crippen molar-refractivity contribution in [2.45, 2.75) is 11.8 Å². The number of aryl methyl sites for hydroxylation is 1. The number of nitrogens with zero attached hydrogens (tertiary/aromatic N) is 2. The number of aromatic nitrogens is 2. The standard InChI is InChI=1S/C21H18ClN3S/c1-14-3-12-19-24-20(15-4-10-18(26-2)11-5-15)21(25(19)13-14)23-17-8-6-16(22)7-9-17/h3-13,23H,1-2H3. The summed E-state index contributed by atoms with van der Waals surface area (Å²) in [5.41, 5.74) is 5.08. The molecule has 4 aromatic rings. The van der Waals surface area contributed by atoms with Crippen molar-refractivity contribution in [2.24, 2.45) is 0 Å². The van der Waals surface area contributed by atoms with Gasteiger partial charge in [-0.2, -0.15) is 0 Å². The predicted molar refractivity (Wildman–Crippen MR) is 112 cm³/mol. The predicted octanol–water partition coefficient (Wildman–Crippen LogP) is 6.43. The molecule has 2 aromatic carbocycles. The lowest BCUT2D eigenvalue weighted by Gasteiger charge is -2.10. The van der Waals surface area contributed by atoms with Crippen molar-refractivity contribution >= 4 is 40.5 Å². The van der Waals surface area contributed by atoms with E-state index in [2.05, 4.69) is 59.4 Å². The second kappa shape index (κ2) is 7.06. The number of hydrogen-bond donors (Lipinski definition) is 1. The lowest BCUT2D eigenvalue weighted by molar-refractivity contribution is 1.16. The van der Waals surface area contributed by atoms with E-state index in [-0.39, 0.29) is 0 Å². The van der Waals surface area contributed by atoms with Gasteiger partial charge in [0, 0.05) is 27.4 Å². The number of rotatable bonds is 4. The summed E-state index contributed by atoms with van der Waals surface area (Å²) in [6.45, 7) is 2.08. The normalized spacial score (nSPS) is 11.0. The molecule has 0 spiro atoms. The maximum Gasteiger partial charge on any atom is 0.143 e. The van der Waals surface area contributed by atoms with Gasteiger partial charge in [0.15, 0.2) is 0 Å². The van der Waals surface area contributed by atoms with Crippen LogP contribution in [0.1, 0.15) is 5.56 Å². The molecule has 0 aliphatic rings. The van der Waals surface area contributed by atoms with Crippen LogP contribution < -0.4 is 5.32 Å². The van der Waals surface area contributed by atoms with E-state index in [1.165, 1.54) is 10.5 Å². The number of hydrogen-bond acceptors (Lipinski definition) is 3. The van der Waals surface area contributed by atoms with Gasteiger partial charge in [-0.25, -0.2) is 4.98 Å². The highest BCUT2D eigenvalue weighted by atomic mass is 35.5. The van der Waals surface area contributed by atoms with Crippen LogP contribution in [0.4, 0.5) is 11.5 Å². The van der Waals surface area contributed by atoms with E-state index in [1.54, 1.807) is 11.8 Å². The third-order valence-corrected chi connectivity index (χ3v) is 5.23. The molecule has 2 heterocycles. The Hall–Kier alpha value is -2.43. The van der Waals surface area contributed by atoms with Crippen molar-refractivity contribution in [3.63, 3.8) is 0 Å². The third kappa shape index (κ3) is 3.30. The molecule has 0 saturated carbocycles. The second-order valence-corrected chi connectivity index (χ2v) is 7.42. The van der Waals surface area contributed by atoms with Gasteiger partial charge >= 0.3 is 0 Å².